The number of pyridine rings is 1. The third-order valence-electron chi connectivity index (χ3n) is 5.08. The number of piperazine rings is 1. The summed E-state index contributed by atoms with van der Waals surface area (Å²) in [7, 11) is -3.37. The molecule has 4 rings (SSSR count). The molecule has 0 aliphatic carbocycles. The second-order valence-electron chi connectivity index (χ2n) is 7.60. The molecule has 3 heterocycles. The number of aromatic nitrogens is 3. The Morgan fingerprint density at radius 1 is 1.00 bits per heavy atom. The van der Waals surface area contributed by atoms with E-state index in [4.69, 9.17) is 4.42 Å². The van der Waals surface area contributed by atoms with Crippen LogP contribution in [-0.2, 0) is 15.8 Å². The average Bonchev–Trinajstić information content (AvgIpc) is 3.25. The lowest BCUT2D eigenvalue weighted by molar-refractivity contribution is 0.383. The fourth-order valence-electron chi connectivity index (χ4n) is 3.45. The molecule has 1 aliphatic heterocycles. The summed E-state index contributed by atoms with van der Waals surface area (Å²) < 4.78 is 33.0. The van der Waals surface area contributed by atoms with Gasteiger partial charge in [0.05, 0.1) is 11.3 Å². The van der Waals surface area contributed by atoms with Crippen molar-refractivity contribution >= 4 is 15.8 Å². The van der Waals surface area contributed by atoms with Crippen molar-refractivity contribution in [2.24, 2.45) is 0 Å². The quantitative estimate of drug-likeness (QED) is 0.597. The van der Waals surface area contributed by atoms with E-state index in [2.05, 4.69) is 20.1 Å². The molecule has 30 heavy (non-hydrogen) atoms. The maximum Gasteiger partial charge on any atom is 0.251 e. The summed E-state index contributed by atoms with van der Waals surface area (Å²) in [6.45, 7) is 5.90. The van der Waals surface area contributed by atoms with E-state index < -0.39 is 10.0 Å². The number of nitrogens with zero attached hydrogens (tertiary/aromatic N) is 5. The van der Waals surface area contributed by atoms with Gasteiger partial charge in [0, 0.05) is 38.3 Å². The predicted octanol–water partition coefficient (Wildman–Crippen LogP) is 2.91. The molecular formula is C21H25N5O3S. The second kappa shape index (κ2) is 8.53. The molecule has 0 saturated carbocycles. The highest BCUT2D eigenvalue weighted by molar-refractivity contribution is 7.88. The number of sulfonamides is 1. The highest BCUT2D eigenvalue weighted by Crippen LogP contribution is 2.30. The van der Waals surface area contributed by atoms with E-state index in [1.54, 1.807) is 10.5 Å². The van der Waals surface area contributed by atoms with Crippen molar-refractivity contribution in [1.82, 2.24) is 19.5 Å². The van der Waals surface area contributed by atoms with Crippen LogP contribution in [0, 0.1) is 0 Å². The second-order valence-corrected chi connectivity index (χ2v) is 9.57. The first-order chi connectivity index (χ1) is 14.4. The van der Waals surface area contributed by atoms with Gasteiger partial charge in [-0.25, -0.2) is 13.4 Å². The van der Waals surface area contributed by atoms with Crippen molar-refractivity contribution in [3.05, 3.63) is 60.1 Å². The normalized spacial score (nSPS) is 15.6. The van der Waals surface area contributed by atoms with E-state index >= 15 is 0 Å². The van der Waals surface area contributed by atoms with Crippen molar-refractivity contribution in [3.63, 3.8) is 0 Å². The maximum absolute atomic E-state index is 12.8. The molecule has 0 unspecified atom stereocenters. The Kier molecular flexibility index (Phi) is 5.83. The Labute approximate surface area is 176 Å². The zero-order chi connectivity index (χ0) is 21.1. The van der Waals surface area contributed by atoms with Gasteiger partial charge in [-0.05, 0) is 17.7 Å². The third-order valence-corrected chi connectivity index (χ3v) is 6.93. The zero-order valence-corrected chi connectivity index (χ0v) is 17.9. The molecule has 158 valence electrons. The molecule has 0 bridgehead atoms. The van der Waals surface area contributed by atoms with Gasteiger partial charge in [-0.3, -0.25) is 0 Å². The van der Waals surface area contributed by atoms with E-state index in [1.165, 1.54) is 0 Å². The molecule has 0 atom stereocenters. The fraction of sp³-hybridized carbons (Fsp3) is 0.381. The molecule has 3 aromatic rings. The summed E-state index contributed by atoms with van der Waals surface area (Å²) in [5.74, 6) is 1.90. The average molecular weight is 428 g/mol. The molecule has 1 fully saturated rings. The third kappa shape index (κ3) is 4.36. The van der Waals surface area contributed by atoms with Crippen molar-refractivity contribution in [2.75, 3.05) is 31.1 Å². The first kappa shape index (κ1) is 20.5. The van der Waals surface area contributed by atoms with Crippen LogP contribution in [0.1, 0.15) is 31.2 Å². The van der Waals surface area contributed by atoms with Gasteiger partial charge in [-0.1, -0.05) is 44.2 Å². The van der Waals surface area contributed by atoms with Crippen molar-refractivity contribution in [2.45, 2.75) is 25.5 Å². The van der Waals surface area contributed by atoms with E-state index in [0.29, 0.717) is 38.0 Å². The molecule has 9 heteroatoms. The molecule has 0 amide bonds. The van der Waals surface area contributed by atoms with Crippen LogP contribution in [0.4, 0.5) is 5.82 Å². The van der Waals surface area contributed by atoms with E-state index in [1.807, 2.05) is 56.3 Å². The predicted molar refractivity (Wildman–Crippen MR) is 114 cm³/mol. The largest absolute Gasteiger partial charge is 0.420 e. The van der Waals surface area contributed by atoms with Crippen LogP contribution < -0.4 is 4.90 Å². The Morgan fingerprint density at radius 3 is 2.40 bits per heavy atom. The van der Waals surface area contributed by atoms with Crippen molar-refractivity contribution in [1.29, 1.82) is 0 Å². The fourth-order valence-corrected chi connectivity index (χ4v) is 4.96. The standard InChI is InChI=1S/C21H25N5O3S/c1-16(2)20-23-24-21(29-20)18-9-6-10-22-19(18)25-11-13-26(14-12-25)30(27,28)15-17-7-4-3-5-8-17/h3-10,16H,11-15H2,1-2H3. The SMILES string of the molecule is CC(C)c1nnc(-c2cccnc2N2CCN(S(=O)(=O)Cc3ccccc3)CC2)o1. The van der Waals surface area contributed by atoms with E-state index in [9.17, 15) is 8.42 Å². The first-order valence-electron chi connectivity index (χ1n) is 9.99. The molecular weight excluding hydrogens is 402 g/mol. The maximum atomic E-state index is 12.8. The summed E-state index contributed by atoms with van der Waals surface area (Å²) in [5.41, 5.74) is 1.56. The lowest BCUT2D eigenvalue weighted by Gasteiger charge is -2.35. The summed E-state index contributed by atoms with van der Waals surface area (Å²) in [6, 6.07) is 13.0. The molecule has 0 radical (unpaired) electrons. The molecule has 1 saturated heterocycles. The van der Waals surface area contributed by atoms with Crippen molar-refractivity contribution < 1.29 is 12.8 Å². The molecule has 1 aromatic carbocycles. The Bertz CT molecular complexity index is 1090. The van der Waals surface area contributed by atoms with Crippen molar-refractivity contribution in [3.8, 4) is 11.5 Å². The van der Waals surface area contributed by atoms with Gasteiger partial charge in [0.2, 0.25) is 15.9 Å². The monoisotopic (exact) mass is 427 g/mol. The Balaban J connectivity index is 1.48. The van der Waals surface area contributed by atoms with Gasteiger partial charge < -0.3 is 9.32 Å². The van der Waals surface area contributed by atoms with Crippen LogP contribution >= 0.6 is 0 Å². The molecule has 0 spiro atoms. The number of rotatable bonds is 6. The van der Waals surface area contributed by atoms with Crippen LogP contribution in [0.3, 0.4) is 0 Å². The van der Waals surface area contributed by atoms with Crippen LogP contribution in [-0.4, -0.2) is 54.1 Å². The number of hydrogen-bond donors (Lipinski definition) is 0. The minimum absolute atomic E-state index is 0.0165. The molecule has 1 aliphatic rings. The highest BCUT2D eigenvalue weighted by Gasteiger charge is 2.29. The first-order valence-corrected chi connectivity index (χ1v) is 11.6. The van der Waals surface area contributed by atoms with Crippen LogP contribution in [0.2, 0.25) is 0 Å². The topological polar surface area (TPSA) is 92.4 Å². The Hall–Kier alpha value is -2.78. The summed E-state index contributed by atoms with van der Waals surface area (Å²) in [5, 5.41) is 8.29. The summed E-state index contributed by atoms with van der Waals surface area (Å²) in [6.07, 6.45) is 1.72. The molecule has 8 nitrogen and oxygen atoms in total. The molecule has 2 aromatic heterocycles. The highest BCUT2D eigenvalue weighted by atomic mass is 32.2. The minimum Gasteiger partial charge on any atom is -0.420 e. The number of benzene rings is 1. The number of hydrogen-bond acceptors (Lipinski definition) is 7. The van der Waals surface area contributed by atoms with Crippen LogP contribution in [0.25, 0.3) is 11.5 Å². The van der Waals surface area contributed by atoms with Gasteiger partial charge in [0.25, 0.3) is 5.89 Å². The summed E-state index contributed by atoms with van der Waals surface area (Å²) >= 11 is 0. The van der Waals surface area contributed by atoms with Gasteiger partial charge in [0.1, 0.15) is 5.82 Å². The Morgan fingerprint density at radius 2 is 1.73 bits per heavy atom. The lowest BCUT2D eigenvalue weighted by atomic mass is 10.2. The van der Waals surface area contributed by atoms with Gasteiger partial charge in [-0.15, -0.1) is 10.2 Å². The lowest BCUT2D eigenvalue weighted by Crippen LogP contribution is -2.49. The van der Waals surface area contributed by atoms with E-state index in [-0.39, 0.29) is 11.7 Å². The van der Waals surface area contributed by atoms with Crippen LogP contribution in [0.5, 0.6) is 0 Å². The van der Waals surface area contributed by atoms with Gasteiger partial charge >= 0.3 is 0 Å². The smallest absolute Gasteiger partial charge is 0.251 e. The molecule has 0 N–H and O–H groups in total. The zero-order valence-electron chi connectivity index (χ0n) is 17.1. The van der Waals surface area contributed by atoms with E-state index in [0.717, 1.165) is 16.9 Å². The van der Waals surface area contributed by atoms with Gasteiger partial charge in [0.15, 0.2) is 0 Å². The summed E-state index contributed by atoms with van der Waals surface area (Å²) in [4.78, 5) is 6.59. The number of anilines is 1. The van der Waals surface area contributed by atoms with Gasteiger partial charge in [-0.2, -0.15) is 4.31 Å². The minimum atomic E-state index is -3.37. The van der Waals surface area contributed by atoms with Crippen LogP contribution in [0.15, 0.2) is 53.1 Å².